The number of amides is 1. The number of fused-ring (bicyclic) bond motifs is 9. The minimum atomic E-state index is -1.36. The number of aliphatic carboxylic acids is 1. The highest BCUT2D eigenvalue weighted by molar-refractivity contribution is 6.32. The molecule has 0 fully saturated rings. The SMILES string of the molecule is O=C1N[C@H](C(=O)O)Cc2ccc(c(Cl)c2)OC/C=C/COc2c(F)cc(F)cc21. The van der Waals surface area contributed by atoms with Gasteiger partial charge in [0.15, 0.2) is 11.6 Å². The summed E-state index contributed by atoms with van der Waals surface area (Å²) >= 11 is 6.16. The van der Waals surface area contributed by atoms with Crippen LogP contribution in [0.15, 0.2) is 42.5 Å². The molecule has 6 nitrogen and oxygen atoms in total. The van der Waals surface area contributed by atoms with Crippen molar-refractivity contribution in [3.8, 4) is 11.5 Å². The highest BCUT2D eigenvalue weighted by Gasteiger charge is 2.25. The van der Waals surface area contributed by atoms with Gasteiger partial charge >= 0.3 is 5.97 Å². The van der Waals surface area contributed by atoms with Crippen molar-refractivity contribution in [1.29, 1.82) is 0 Å². The third-order valence-electron chi connectivity index (χ3n) is 4.12. The standard InChI is InChI=1S/C20H16ClF2NO5/c21-14-7-11-3-4-17(14)28-5-1-2-6-29-18-13(9-12(22)10-15(18)23)19(25)24-16(8-11)20(26)27/h1-4,7,9-10,16H,5-6,8H2,(H,24,25)(H,26,27)/b2-1+/t16-/m0/s1. The largest absolute Gasteiger partial charge is 0.488 e. The first-order chi connectivity index (χ1) is 13.8. The summed E-state index contributed by atoms with van der Waals surface area (Å²) in [6.45, 7) is 0.0284. The van der Waals surface area contributed by atoms with Gasteiger partial charge in [-0.05, 0) is 35.9 Å². The fourth-order valence-electron chi connectivity index (χ4n) is 2.74. The summed E-state index contributed by atoms with van der Waals surface area (Å²) in [6, 6.07) is 4.75. The summed E-state index contributed by atoms with van der Waals surface area (Å²) in [7, 11) is 0. The van der Waals surface area contributed by atoms with Gasteiger partial charge in [-0.15, -0.1) is 0 Å². The molecule has 2 bridgehead atoms. The minimum absolute atomic E-state index is 0.102. The molecular formula is C20H16ClF2NO5. The van der Waals surface area contributed by atoms with E-state index in [0.717, 1.165) is 6.07 Å². The molecule has 2 heterocycles. The normalized spacial score (nSPS) is 18.2. The van der Waals surface area contributed by atoms with Crippen LogP contribution in [-0.4, -0.2) is 36.2 Å². The zero-order valence-electron chi connectivity index (χ0n) is 15.0. The molecule has 2 aliphatic rings. The number of carboxylic acids is 1. The summed E-state index contributed by atoms with van der Waals surface area (Å²) in [5.74, 6) is -4.44. The average molecular weight is 424 g/mol. The molecule has 2 N–H and O–H groups in total. The second kappa shape index (κ2) is 8.91. The number of halogens is 3. The molecule has 0 spiro atoms. The van der Waals surface area contributed by atoms with Crippen LogP contribution >= 0.6 is 11.6 Å². The molecule has 0 aromatic heterocycles. The summed E-state index contributed by atoms with van der Waals surface area (Å²) in [5, 5.41) is 12.0. The van der Waals surface area contributed by atoms with E-state index in [-0.39, 0.29) is 24.7 Å². The summed E-state index contributed by atoms with van der Waals surface area (Å²) < 4.78 is 38.6. The van der Waals surface area contributed by atoms with Gasteiger partial charge in [-0.2, -0.15) is 0 Å². The van der Waals surface area contributed by atoms with E-state index in [9.17, 15) is 23.5 Å². The number of hydrogen-bond acceptors (Lipinski definition) is 4. The molecular weight excluding hydrogens is 408 g/mol. The summed E-state index contributed by atoms with van der Waals surface area (Å²) in [4.78, 5) is 24.2. The predicted molar refractivity (Wildman–Crippen MR) is 101 cm³/mol. The van der Waals surface area contributed by atoms with Crippen LogP contribution in [-0.2, 0) is 11.2 Å². The third-order valence-corrected chi connectivity index (χ3v) is 4.41. The van der Waals surface area contributed by atoms with E-state index in [1.165, 1.54) is 12.1 Å². The maximum atomic E-state index is 14.2. The zero-order valence-corrected chi connectivity index (χ0v) is 15.7. The van der Waals surface area contributed by atoms with E-state index in [0.29, 0.717) is 17.4 Å². The van der Waals surface area contributed by atoms with Crippen LogP contribution < -0.4 is 14.8 Å². The van der Waals surface area contributed by atoms with Crippen molar-refractivity contribution in [2.24, 2.45) is 0 Å². The van der Waals surface area contributed by atoms with Crippen molar-refractivity contribution in [3.63, 3.8) is 0 Å². The van der Waals surface area contributed by atoms with Gasteiger partial charge in [0.25, 0.3) is 5.91 Å². The van der Waals surface area contributed by atoms with Gasteiger partial charge in [-0.3, -0.25) is 4.79 Å². The van der Waals surface area contributed by atoms with Crippen LogP contribution in [0.3, 0.4) is 0 Å². The first-order valence-corrected chi connectivity index (χ1v) is 8.94. The Morgan fingerprint density at radius 1 is 1.14 bits per heavy atom. The number of carbonyl (C=O) groups is 2. The highest BCUT2D eigenvalue weighted by atomic mass is 35.5. The lowest BCUT2D eigenvalue weighted by Crippen LogP contribution is -2.42. The second-order valence-corrected chi connectivity index (χ2v) is 6.60. The van der Waals surface area contributed by atoms with Crippen molar-refractivity contribution in [1.82, 2.24) is 5.32 Å². The fourth-order valence-corrected chi connectivity index (χ4v) is 3.00. The van der Waals surface area contributed by atoms with Gasteiger partial charge in [0, 0.05) is 12.5 Å². The van der Waals surface area contributed by atoms with Crippen molar-refractivity contribution in [3.05, 3.63) is 70.3 Å². The summed E-state index contributed by atoms with van der Waals surface area (Å²) in [5.41, 5.74) is 0.0819. The van der Waals surface area contributed by atoms with Gasteiger partial charge in [0.05, 0.1) is 10.6 Å². The molecule has 2 aromatic carbocycles. The third kappa shape index (κ3) is 5.03. The van der Waals surface area contributed by atoms with E-state index in [4.69, 9.17) is 21.1 Å². The molecule has 0 radical (unpaired) electrons. The highest BCUT2D eigenvalue weighted by Crippen LogP contribution is 2.27. The Kier molecular flexibility index (Phi) is 6.33. The van der Waals surface area contributed by atoms with Gasteiger partial charge in [0.2, 0.25) is 0 Å². The maximum Gasteiger partial charge on any atom is 0.326 e. The molecule has 4 rings (SSSR count). The number of benzene rings is 2. The van der Waals surface area contributed by atoms with Crippen molar-refractivity contribution < 1.29 is 33.0 Å². The number of rotatable bonds is 1. The van der Waals surface area contributed by atoms with E-state index in [2.05, 4.69) is 5.32 Å². The summed E-state index contributed by atoms with van der Waals surface area (Å²) in [6.07, 6.45) is 3.03. The number of carboxylic acid groups (broad SMARTS) is 1. The number of hydrogen-bond donors (Lipinski definition) is 2. The Labute approximate surface area is 169 Å². The van der Waals surface area contributed by atoms with E-state index in [1.54, 1.807) is 18.2 Å². The van der Waals surface area contributed by atoms with E-state index >= 15 is 0 Å². The van der Waals surface area contributed by atoms with Gasteiger partial charge in [-0.1, -0.05) is 17.7 Å². The van der Waals surface area contributed by atoms with Crippen LogP contribution in [0, 0.1) is 11.6 Å². The molecule has 0 aliphatic carbocycles. The molecule has 0 unspecified atom stereocenters. The van der Waals surface area contributed by atoms with Crippen LogP contribution in [0.5, 0.6) is 11.5 Å². The molecule has 29 heavy (non-hydrogen) atoms. The Balaban J connectivity index is 2.00. The predicted octanol–water partition coefficient (Wildman–Crippen LogP) is 3.37. The lowest BCUT2D eigenvalue weighted by atomic mass is 10.0. The van der Waals surface area contributed by atoms with E-state index in [1.807, 2.05) is 0 Å². The Hall–Kier alpha value is -3.13. The molecule has 2 aliphatic heterocycles. The Bertz CT molecular complexity index is 980. The Morgan fingerprint density at radius 2 is 1.86 bits per heavy atom. The monoisotopic (exact) mass is 423 g/mol. The molecule has 1 amide bonds. The molecule has 2 aromatic rings. The molecule has 0 saturated heterocycles. The van der Waals surface area contributed by atoms with E-state index < -0.39 is 40.9 Å². The van der Waals surface area contributed by atoms with Gasteiger partial charge in [-0.25, -0.2) is 13.6 Å². The molecule has 1 atom stereocenters. The molecule has 152 valence electrons. The quantitative estimate of drug-likeness (QED) is 0.687. The lowest BCUT2D eigenvalue weighted by molar-refractivity contribution is -0.139. The average Bonchev–Trinajstić information content (AvgIpc) is 2.65. The fraction of sp³-hybridized carbons (Fsp3) is 0.200. The smallest absolute Gasteiger partial charge is 0.326 e. The van der Waals surface area contributed by atoms with Crippen LogP contribution in [0.25, 0.3) is 0 Å². The second-order valence-electron chi connectivity index (χ2n) is 6.19. The molecule has 9 heteroatoms. The van der Waals surface area contributed by atoms with Crippen molar-refractivity contribution in [2.75, 3.05) is 13.2 Å². The van der Waals surface area contributed by atoms with Gasteiger partial charge < -0.3 is 19.9 Å². The Morgan fingerprint density at radius 3 is 2.55 bits per heavy atom. The molecule has 0 saturated carbocycles. The number of nitrogens with one attached hydrogen (secondary N) is 1. The van der Waals surface area contributed by atoms with Crippen LogP contribution in [0.2, 0.25) is 5.02 Å². The number of ether oxygens (including phenoxy) is 2. The maximum absolute atomic E-state index is 14.2. The topological polar surface area (TPSA) is 84.9 Å². The van der Waals surface area contributed by atoms with Crippen molar-refractivity contribution >= 4 is 23.5 Å². The van der Waals surface area contributed by atoms with Crippen LogP contribution in [0.4, 0.5) is 8.78 Å². The minimum Gasteiger partial charge on any atom is -0.488 e. The van der Waals surface area contributed by atoms with Gasteiger partial charge in [0.1, 0.15) is 30.8 Å². The first kappa shape index (κ1) is 20.6. The number of carbonyl (C=O) groups excluding carboxylic acids is 1. The first-order valence-electron chi connectivity index (χ1n) is 8.57. The lowest BCUT2D eigenvalue weighted by Gasteiger charge is -2.17. The van der Waals surface area contributed by atoms with Crippen LogP contribution in [0.1, 0.15) is 15.9 Å². The van der Waals surface area contributed by atoms with Crippen molar-refractivity contribution in [2.45, 2.75) is 12.5 Å². The zero-order chi connectivity index (χ0) is 21.0.